The fraction of sp³-hybridized carbons (Fsp3) is 0.379. The Morgan fingerprint density at radius 2 is 1.74 bits per heavy atom. The maximum absolute atomic E-state index is 13.4. The number of carbonyl (C=O) groups is 1. The molecule has 0 radical (unpaired) electrons. The maximum atomic E-state index is 13.4. The van der Waals surface area contributed by atoms with Crippen LogP contribution < -0.4 is 16.4 Å². The van der Waals surface area contributed by atoms with Crippen LogP contribution in [0.4, 0.5) is 38.1 Å². The normalized spacial score (nSPS) is 17.7. The van der Waals surface area contributed by atoms with E-state index in [-0.39, 0.29) is 17.9 Å². The monoisotopic (exact) mass is 605 g/mol. The molecular weight excluding hydrogens is 576 g/mol. The molecule has 0 aliphatic heterocycles. The van der Waals surface area contributed by atoms with Crippen molar-refractivity contribution in [2.75, 3.05) is 10.6 Å². The molecule has 2 heterocycles. The lowest BCUT2D eigenvalue weighted by atomic mass is 9.92. The molecule has 2 aromatic carbocycles. The van der Waals surface area contributed by atoms with Crippen molar-refractivity contribution in [3.63, 3.8) is 0 Å². The highest BCUT2D eigenvalue weighted by Gasteiger charge is 2.37. The van der Waals surface area contributed by atoms with Gasteiger partial charge in [0.25, 0.3) is 0 Å². The molecule has 1 amide bonds. The third-order valence-electron chi connectivity index (χ3n) is 7.65. The lowest BCUT2D eigenvalue weighted by Gasteiger charge is -2.26. The summed E-state index contributed by atoms with van der Waals surface area (Å²) in [5.41, 5.74) is 5.52. The van der Waals surface area contributed by atoms with Gasteiger partial charge in [-0.05, 0) is 68.0 Å². The van der Waals surface area contributed by atoms with Crippen molar-refractivity contribution < 1.29 is 31.1 Å². The molecule has 4 N–H and O–H groups in total. The van der Waals surface area contributed by atoms with Crippen LogP contribution >= 0.6 is 0 Å². The number of nitrogens with one attached hydrogen (secondary N) is 2. The van der Waals surface area contributed by atoms with Gasteiger partial charge in [0.15, 0.2) is 5.82 Å². The van der Waals surface area contributed by atoms with E-state index in [0.29, 0.717) is 29.8 Å². The SMILES string of the molecule is Cc1c(-c2cc(NC(=O)Cc3cc(C(F)(F)F)ccc3C(F)(F)F)nn2C)ccc2nc(N[C@H]3CC[C@H](N)CC3)ncc12. The predicted molar refractivity (Wildman–Crippen MR) is 149 cm³/mol. The van der Waals surface area contributed by atoms with Gasteiger partial charge in [0.1, 0.15) is 0 Å². The second kappa shape index (κ2) is 11.5. The Morgan fingerprint density at radius 1 is 1.02 bits per heavy atom. The van der Waals surface area contributed by atoms with Crippen molar-refractivity contribution in [3.05, 3.63) is 64.8 Å². The molecule has 4 aromatic rings. The molecule has 1 saturated carbocycles. The minimum Gasteiger partial charge on any atom is -0.351 e. The van der Waals surface area contributed by atoms with Crippen LogP contribution in [0, 0.1) is 6.92 Å². The summed E-state index contributed by atoms with van der Waals surface area (Å²) in [6.45, 7) is 1.88. The van der Waals surface area contributed by atoms with Gasteiger partial charge in [0, 0.05) is 42.3 Å². The highest BCUT2D eigenvalue weighted by Crippen LogP contribution is 2.37. The molecule has 2 aromatic heterocycles. The first-order valence-corrected chi connectivity index (χ1v) is 13.6. The quantitative estimate of drug-likeness (QED) is 0.225. The van der Waals surface area contributed by atoms with E-state index in [2.05, 4.69) is 25.7 Å². The van der Waals surface area contributed by atoms with E-state index in [1.54, 1.807) is 13.2 Å². The van der Waals surface area contributed by atoms with E-state index >= 15 is 0 Å². The Kier molecular flexibility index (Phi) is 8.07. The standard InChI is InChI=1S/C29H29F6N7O/c1-15-20(8-10-23-21(15)14-37-27(39-23)38-19-6-4-18(36)5-7-19)24-13-25(41-42(24)2)40-26(43)12-16-11-17(28(30,31)32)3-9-22(16)29(33,34)35/h3,8-11,13-14,18-19H,4-7,12,36H2,1-2H3,(H,37,38,39)(H,40,41,43)/t18-,19-. The van der Waals surface area contributed by atoms with E-state index in [9.17, 15) is 31.1 Å². The van der Waals surface area contributed by atoms with E-state index in [4.69, 9.17) is 5.73 Å². The van der Waals surface area contributed by atoms with Gasteiger partial charge in [0.05, 0.1) is 28.8 Å². The molecule has 0 spiro atoms. The number of benzene rings is 2. The molecule has 1 aliphatic rings. The van der Waals surface area contributed by atoms with Gasteiger partial charge in [-0.15, -0.1) is 0 Å². The summed E-state index contributed by atoms with van der Waals surface area (Å²) in [5.74, 6) is -0.385. The zero-order valence-electron chi connectivity index (χ0n) is 23.3. The summed E-state index contributed by atoms with van der Waals surface area (Å²) in [6.07, 6.45) is -5.22. The molecule has 0 saturated heterocycles. The van der Waals surface area contributed by atoms with Crippen molar-refractivity contribution >= 4 is 28.6 Å². The lowest BCUT2D eigenvalue weighted by Crippen LogP contribution is -2.33. The molecule has 8 nitrogen and oxygen atoms in total. The number of anilines is 2. The van der Waals surface area contributed by atoms with Crippen LogP contribution in [-0.2, 0) is 30.6 Å². The van der Waals surface area contributed by atoms with E-state index in [1.807, 2.05) is 19.1 Å². The molecule has 0 bridgehead atoms. The van der Waals surface area contributed by atoms with Crippen LogP contribution in [0.2, 0.25) is 0 Å². The summed E-state index contributed by atoms with van der Waals surface area (Å²) in [7, 11) is 1.63. The minimum atomic E-state index is -4.93. The number of hydrogen-bond donors (Lipinski definition) is 3. The van der Waals surface area contributed by atoms with Gasteiger partial charge in [-0.2, -0.15) is 31.4 Å². The number of rotatable bonds is 6. The van der Waals surface area contributed by atoms with Crippen LogP contribution in [0.15, 0.2) is 42.6 Å². The zero-order valence-corrected chi connectivity index (χ0v) is 23.3. The number of amides is 1. The third kappa shape index (κ3) is 6.74. The molecule has 0 unspecified atom stereocenters. The van der Waals surface area contributed by atoms with E-state index < -0.39 is 41.4 Å². The van der Waals surface area contributed by atoms with Crippen molar-refractivity contribution in [1.29, 1.82) is 0 Å². The number of fused-ring (bicyclic) bond motifs is 1. The molecular formula is C29H29F6N7O. The lowest BCUT2D eigenvalue weighted by molar-refractivity contribution is -0.142. The average Bonchev–Trinajstić information content (AvgIpc) is 3.28. The summed E-state index contributed by atoms with van der Waals surface area (Å²) in [6, 6.07) is 6.72. The number of alkyl halides is 6. The number of nitrogens with zero attached hydrogens (tertiary/aromatic N) is 4. The van der Waals surface area contributed by atoms with Crippen LogP contribution in [0.5, 0.6) is 0 Å². The Morgan fingerprint density at radius 3 is 2.42 bits per heavy atom. The Bertz CT molecular complexity index is 1660. The highest BCUT2D eigenvalue weighted by atomic mass is 19.4. The molecule has 0 atom stereocenters. The largest absolute Gasteiger partial charge is 0.416 e. The van der Waals surface area contributed by atoms with Gasteiger partial charge in [0.2, 0.25) is 11.9 Å². The first-order chi connectivity index (χ1) is 20.2. The summed E-state index contributed by atoms with van der Waals surface area (Å²) < 4.78 is 81.2. The van der Waals surface area contributed by atoms with Gasteiger partial charge < -0.3 is 16.4 Å². The Labute approximate surface area is 242 Å². The first kappa shape index (κ1) is 30.3. The van der Waals surface area contributed by atoms with Gasteiger partial charge >= 0.3 is 12.4 Å². The molecule has 14 heteroatoms. The highest BCUT2D eigenvalue weighted by molar-refractivity contribution is 5.93. The summed E-state index contributed by atoms with van der Waals surface area (Å²) in [4.78, 5) is 21.8. The van der Waals surface area contributed by atoms with Crippen molar-refractivity contribution in [2.24, 2.45) is 12.8 Å². The summed E-state index contributed by atoms with van der Waals surface area (Å²) in [5, 5.41) is 10.8. The molecule has 228 valence electrons. The number of hydrogen-bond acceptors (Lipinski definition) is 6. The van der Waals surface area contributed by atoms with E-state index in [1.165, 1.54) is 10.7 Å². The van der Waals surface area contributed by atoms with E-state index in [0.717, 1.165) is 47.7 Å². The fourth-order valence-corrected chi connectivity index (χ4v) is 5.37. The molecule has 1 fully saturated rings. The average molecular weight is 606 g/mol. The number of carbonyl (C=O) groups excluding carboxylic acids is 1. The third-order valence-corrected chi connectivity index (χ3v) is 7.65. The van der Waals surface area contributed by atoms with Gasteiger partial charge in [-0.3, -0.25) is 9.48 Å². The molecule has 1 aliphatic carbocycles. The second-order valence-electron chi connectivity index (χ2n) is 10.8. The van der Waals surface area contributed by atoms with Crippen LogP contribution in [-0.4, -0.2) is 37.7 Å². The minimum absolute atomic E-state index is 0.0329. The van der Waals surface area contributed by atoms with Crippen LogP contribution in [0.25, 0.3) is 22.2 Å². The fourth-order valence-electron chi connectivity index (χ4n) is 5.37. The zero-order chi connectivity index (χ0) is 31.1. The van der Waals surface area contributed by atoms with Crippen molar-refractivity contribution in [1.82, 2.24) is 19.7 Å². The summed E-state index contributed by atoms with van der Waals surface area (Å²) >= 11 is 0. The maximum Gasteiger partial charge on any atom is 0.416 e. The predicted octanol–water partition coefficient (Wildman–Crippen LogP) is 6.24. The van der Waals surface area contributed by atoms with Crippen molar-refractivity contribution in [2.45, 2.75) is 63.5 Å². The van der Waals surface area contributed by atoms with Crippen LogP contribution in [0.1, 0.15) is 47.9 Å². The van der Waals surface area contributed by atoms with Crippen LogP contribution in [0.3, 0.4) is 0 Å². The number of halogens is 6. The second-order valence-corrected chi connectivity index (χ2v) is 10.8. The number of aromatic nitrogens is 4. The van der Waals surface area contributed by atoms with Gasteiger partial charge in [-0.1, -0.05) is 6.07 Å². The number of aryl methyl sites for hydroxylation is 2. The van der Waals surface area contributed by atoms with Crippen molar-refractivity contribution in [3.8, 4) is 11.3 Å². The molecule has 5 rings (SSSR count). The number of nitrogens with two attached hydrogens (primary N) is 1. The Balaban J connectivity index is 1.34. The smallest absolute Gasteiger partial charge is 0.351 e. The topological polar surface area (TPSA) is 111 Å². The molecule has 43 heavy (non-hydrogen) atoms. The van der Waals surface area contributed by atoms with Gasteiger partial charge in [-0.25, -0.2) is 9.97 Å². The Hall–Kier alpha value is -4.20. The first-order valence-electron chi connectivity index (χ1n) is 13.6.